The Morgan fingerprint density at radius 1 is 0.733 bits per heavy atom. The predicted molar refractivity (Wildman–Crippen MR) is 98.1 cm³/mol. The number of para-hydroxylation sites is 1. The van der Waals surface area contributed by atoms with Gasteiger partial charge in [0.2, 0.25) is 0 Å². The summed E-state index contributed by atoms with van der Waals surface area (Å²) in [6.07, 6.45) is -10.0. The average Bonchev–Trinajstić information content (AvgIpc) is 3.04. The molecule has 154 valence electrons. The van der Waals surface area contributed by atoms with Crippen LogP contribution in [0.4, 0.5) is 32.0 Å². The second kappa shape index (κ2) is 6.79. The quantitative estimate of drug-likeness (QED) is 0.357. The highest BCUT2D eigenvalue weighted by molar-refractivity contribution is 6.11. The van der Waals surface area contributed by atoms with Gasteiger partial charge in [0, 0.05) is 22.0 Å². The van der Waals surface area contributed by atoms with Gasteiger partial charge in [-0.2, -0.15) is 26.3 Å². The summed E-state index contributed by atoms with van der Waals surface area (Å²) in [6, 6.07) is 12.3. The van der Waals surface area contributed by atoms with E-state index in [-0.39, 0.29) is 11.6 Å². The molecule has 0 aliphatic heterocycles. The van der Waals surface area contributed by atoms with Crippen LogP contribution in [0, 0.1) is 0 Å². The number of carbonyl (C=O) groups excluding carboxylic acids is 1. The number of rotatable bonds is 2. The van der Waals surface area contributed by atoms with Crippen LogP contribution in [0.3, 0.4) is 0 Å². The number of amides is 1. The van der Waals surface area contributed by atoms with E-state index in [1.54, 1.807) is 24.3 Å². The van der Waals surface area contributed by atoms with E-state index in [2.05, 4.69) is 5.32 Å². The summed E-state index contributed by atoms with van der Waals surface area (Å²) in [7, 11) is 0. The molecule has 0 aliphatic rings. The highest BCUT2D eigenvalue weighted by atomic mass is 19.4. The zero-order valence-electron chi connectivity index (χ0n) is 14.9. The third kappa shape index (κ3) is 3.70. The fourth-order valence-corrected chi connectivity index (χ4v) is 3.10. The van der Waals surface area contributed by atoms with Crippen molar-refractivity contribution in [1.82, 2.24) is 0 Å². The minimum absolute atomic E-state index is 0.000672. The lowest BCUT2D eigenvalue weighted by Crippen LogP contribution is -2.15. The molecule has 9 heteroatoms. The molecule has 3 aromatic carbocycles. The Kier molecular flexibility index (Phi) is 4.48. The van der Waals surface area contributed by atoms with E-state index in [1.807, 2.05) is 0 Å². The number of carbonyl (C=O) groups is 1. The molecule has 1 aromatic heterocycles. The molecule has 0 bridgehead atoms. The fourth-order valence-electron chi connectivity index (χ4n) is 3.10. The normalized spacial score (nSPS) is 12.5. The first-order valence-corrected chi connectivity index (χ1v) is 8.54. The summed E-state index contributed by atoms with van der Waals surface area (Å²) >= 11 is 0. The molecule has 1 N–H and O–H groups in total. The molecule has 3 nitrogen and oxygen atoms in total. The number of halogens is 6. The van der Waals surface area contributed by atoms with Gasteiger partial charge >= 0.3 is 12.4 Å². The molecule has 0 aliphatic carbocycles. The van der Waals surface area contributed by atoms with Crippen molar-refractivity contribution in [2.75, 3.05) is 5.32 Å². The van der Waals surface area contributed by atoms with Gasteiger partial charge in [0.1, 0.15) is 11.2 Å². The van der Waals surface area contributed by atoms with Gasteiger partial charge in [-0.1, -0.05) is 18.2 Å². The Hall–Kier alpha value is -3.49. The van der Waals surface area contributed by atoms with Gasteiger partial charge in [-0.15, -0.1) is 0 Å². The molecule has 0 radical (unpaired) electrons. The third-order valence-electron chi connectivity index (χ3n) is 4.48. The van der Waals surface area contributed by atoms with Crippen molar-refractivity contribution in [3.63, 3.8) is 0 Å². The largest absolute Gasteiger partial charge is 0.456 e. The van der Waals surface area contributed by atoms with Gasteiger partial charge in [-0.25, -0.2) is 0 Å². The van der Waals surface area contributed by atoms with Crippen LogP contribution in [-0.4, -0.2) is 5.91 Å². The Morgan fingerprint density at radius 3 is 1.97 bits per heavy atom. The zero-order valence-corrected chi connectivity index (χ0v) is 14.9. The molecule has 0 unspecified atom stereocenters. The first kappa shape index (κ1) is 19.8. The van der Waals surface area contributed by atoms with E-state index in [0.717, 1.165) is 5.39 Å². The van der Waals surface area contributed by atoms with E-state index < -0.39 is 35.1 Å². The van der Waals surface area contributed by atoms with Crippen LogP contribution in [0.1, 0.15) is 21.5 Å². The van der Waals surface area contributed by atoms with Crippen LogP contribution >= 0.6 is 0 Å². The highest BCUT2D eigenvalue weighted by Crippen LogP contribution is 2.37. The van der Waals surface area contributed by atoms with Gasteiger partial charge in [0.15, 0.2) is 0 Å². The molecule has 0 spiro atoms. The summed E-state index contributed by atoms with van der Waals surface area (Å²) in [5.74, 6) is -0.852. The molecule has 4 rings (SSSR count). The second-order valence-corrected chi connectivity index (χ2v) is 6.56. The topological polar surface area (TPSA) is 42.2 Å². The summed E-state index contributed by atoms with van der Waals surface area (Å²) in [5, 5.41) is 3.44. The fraction of sp³-hybridized carbons (Fsp3) is 0.0952. The second-order valence-electron chi connectivity index (χ2n) is 6.56. The first-order chi connectivity index (χ1) is 14.0. The highest BCUT2D eigenvalue weighted by Gasteiger charge is 2.37. The van der Waals surface area contributed by atoms with E-state index >= 15 is 0 Å². The van der Waals surface area contributed by atoms with Gasteiger partial charge in [-0.05, 0) is 42.5 Å². The monoisotopic (exact) mass is 423 g/mol. The first-order valence-electron chi connectivity index (χ1n) is 8.54. The summed E-state index contributed by atoms with van der Waals surface area (Å²) < 4.78 is 83.6. The third-order valence-corrected chi connectivity index (χ3v) is 4.48. The van der Waals surface area contributed by atoms with Crippen molar-refractivity contribution in [2.45, 2.75) is 12.4 Å². The molecule has 30 heavy (non-hydrogen) atoms. The van der Waals surface area contributed by atoms with E-state index in [1.165, 1.54) is 18.2 Å². The minimum Gasteiger partial charge on any atom is -0.456 e. The Morgan fingerprint density at radius 2 is 1.33 bits per heavy atom. The Bertz CT molecular complexity index is 1240. The Labute approximate surface area is 164 Å². The van der Waals surface area contributed by atoms with Gasteiger partial charge < -0.3 is 9.73 Å². The van der Waals surface area contributed by atoms with Crippen LogP contribution in [0.2, 0.25) is 0 Å². The van der Waals surface area contributed by atoms with Crippen LogP contribution in [0.5, 0.6) is 0 Å². The Balaban J connectivity index is 1.72. The van der Waals surface area contributed by atoms with Gasteiger partial charge in [0.25, 0.3) is 5.91 Å². The average molecular weight is 423 g/mol. The van der Waals surface area contributed by atoms with Crippen molar-refractivity contribution in [3.05, 3.63) is 77.4 Å². The van der Waals surface area contributed by atoms with Crippen molar-refractivity contribution in [3.8, 4) is 0 Å². The zero-order chi connectivity index (χ0) is 21.7. The van der Waals surface area contributed by atoms with Crippen molar-refractivity contribution in [1.29, 1.82) is 0 Å². The number of furan rings is 1. The molecular weight excluding hydrogens is 412 g/mol. The van der Waals surface area contributed by atoms with Crippen LogP contribution < -0.4 is 5.32 Å². The van der Waals surface area contributed by atoms with Crippen molar-refractivity contribution < 1.29 is 35.6 Å². The van der Waals surface area contributed by atoms with E-state index in [0.29, 0.717) is 28.7 Å². The van der Waals surface area contributed by atoms with E-state index in [4.69, 9.17) is 4.42 Å². The lowest BCUT2D eigenvalue weighted by Gasteiger charge is -2.14. The maximum Gasteiger partial charge on any atom is 0.416 e. The van der Waals surface area contributed by atoms with Crippen LogP contribution in [0.25, 0.3) is 21.9 Å². The number of benzene rings is 3. The van der Waals surface area contributed by atoms with Crippen molar-refractivity contribution in [2.24, 2.45) is 0 Å². The summed E-state index contributed by atoms with van der Waals surface area (Å²) in [5.41, 5.74) is -2.50. The maximum absolute atomic E-state index is 13.0. The smallest absolute Gasteiger partial charge is 0.416 e. The molecule has 0 fully saturated rings. The number of anilines is 1. The number of alkyl halides is 6. The molecule has 1 heterocycles. The number of hydrogen-bond donors (Lipinski definition) is 1. The standard InChI is InChI=1S/C21H11F6NO2/c22-20(23,24)12-8-13(21(25,26)27)10-14(9-12)28-19(29)11-5-6-18-16(7-11)15-3-1-2-4-17(15)30-18/h1-10H,(H,28,29). The lowest BCUT2D eigenvalue weighted by molar-refractivity contribution is -0.143. The summed E-state index contributed by atoms with van der Waals surface area (Å²) in [4.78, 5) is 12.5. The number of hydrogen-bond acceptors (Lipinski definition) is 2. The number of fused-ring (bicyclic) bond motifs is 3. The van der Waals surface area contributed by atoms with Crippen LogP contribution in [0.15, 0.2) is 65.1 Å². The van der Waals surface area contributed by atoms with Gasteiger partial charge in [-0.3, -0.25) is 4.79 Å². The molecule has 4 aromatic rings. The molecule has 1 amide bonds. The minimum atomic E-state index is -5.00. The molecule has 0 saturated carbocycles. The predicted octanol–water partition coefficient (Wildman–Crippen LogP) is 6.88. The molecular formula is C21H11F6NO2. The van der Waals surface area contributed by atoms with Crippen LogP contribution in [-0.2, 0) is 12.4 Å². The molecule has 0 saturated heterocycles. The molecule has 0 atom stereocenters. The number of nitrogens with one attached hydrogen (secondary N) is 1. The SMILES string of the molecule is O=C(Nc1cc(C(F)(F)F)cc(C(F)(F)F)c1)c1ccc2oc3ccccc3c2c1. The summed E-state index contributed by atoms with van der Waals surface area (Å²) in [6.45, 7) is 0. The van der Waals surface area contributed by atoms with E-state index in [9.17, 15) is 31.1 Å². The van der Waals surface area contributed by atoms with Gasteiger partial charge in [0.05, 0.1) is 11.1 Å². The van der Waals surface area contributed by atoms with Crippen molar-refractivity contribution >= 4 is 33.5 Å². The lowest BCUT2D eigenvalue weighted by atomic mass is 10.1. The maximum atomic E-state index is 13.0.